The summed E-state index contributed by atoms with van der Waals surface area (Å²) in [4.78, 5) is 0. The predicted octanol–water partition coefficient (Wildman–Crippen LogP) is 8.80. The molecule has 2 heterocycles. The van der Waals surface area contributed by atoms with Crippen molar-refractivity contribution in [3.05, 3.63) is 131 Å². The van der Waals surface area contributed by atoms with E-state index in [4.69, 9.17) is 0 Å². The maximum Gasteiger partial charge on any atom is 0.416 e. The number of hydrogen-bond donors (Lipinski definition) is 0. The van der Waals surface area contributed by atoms with Crippen molar-refractivity contribution in [2.24, 2.45) is 0 Å². The van der Waals surface area contributed by atoms with E-state index in [2.05, 4.69) is 100.0 Å². The average Bonchev–Trinajstić information content (AvgIpc) is 3.19. The molecule has 5 heteroatoms. The van der Waals surface area contributed by atoms with Gasteiger partial charge in [-0.05, 0) is 56.2 Å². The lowest BCUT2D eigenvalue weighted by Gasteiger charge is -2.22. The zero-order valence-corrected chi connectivity index (χ0v) is 24.3. The maximum atomic E-state index is 13.2. The second-order valence-electron chi connectivity index (χ2n) is 12.1. The monoisotopic (exact) mass is 560 g/mol. The number of benzene rings is 4. The highest BCUT2D eigenvalue weighted by molar-refractivity contribution is 6.05. The second kappa shape index (κ2) is 8.99. The van der Waals surface area contributed by atoms with Crippen LogP contribution in [-0.2, 0) is 11.6 Å². The van der Waals surface area contributed by atoms with Crippen LogP contribution in [0.4, 0.5) is 13.2 Å². The molecule has 0 amide bonds. The molecule has 0 fully saturated rings. The van der Waals surface area contributed by atoms with Crippen molar-refractivity contribution in [2.45, 2.75) is 46.2 Å². The molecule has 0 saturated heterocycles. The van der Waals surface area contributed by atoms with Crippen molar-refractivity contribution in [1.29, 1.82) is 0 Å². The van der Waals surface area contributed by atoms with E-state index >= 15 is 0 Å². The average molecular weight is 561 g/mol. The van der Waals surface area contributed by atoms with Crippen LogP contribution in [0, 0.1) is 20.8 Å². The van der Waals surface area contributed by atoms with E-state index in [-0.39, 0.29) is 5.41 Å². The number of nitrogens with zero attached hydrogens (tertiary/aromatic N) is 2. The van der Waals surface area contributed by atoms with Crippen LogP contribution in [-0.4, -0.2) is 0 Å². The smallest absolute Gasteiger partial charge is 0.166 e. The summed E-state index contributed by atoms with van der Waals surface area (Å²) in [6.07, 6.45) is 2.02. The summed E-state index contributed by atoms with van der Waals surface area (Å²) in [6, 6.07) is 24.9. The fourth-order valence-corrected chi connectivity index (χ4v) is 6.83. The van der Waals surface area contributed by atoms with Gasteiger partial charge in [0, 0.05) is 62.7 Å². The highest BCUT2D eigenvalue weighted by atomic mass is 19.4. The van der Waals surface area contributed by atoms with Gasteiger partial charge in [-0.15, -0.1) is 0 Å². The van der Waals surface area contributed by atoms with Crippen molar-refractivity contribution in [1.82, 2.24) is 0 Å². The first-order valence-corrected chi connectivity index (χ1v) is 14.2. The van der Waals surface area contributed by atoms with Crippen LogP contribution in [0.2, 0.25) is 0 Å². The first-order chi connectivity index (χ1) is 19.9. The molecule has 2 aromatic heterocycles. The fraction of sp³-hybridized carbons (Fsp3) is 0.189. The summed E-state index contributed by atoms with van der Waals surface area (Å²) in [5, 5.41) is 3.48. The quantitative estimate of drug-likeness (QED) is 0.187. The highest BCUT2D eigenvalue weighted by Crippen LogP contribution is 2.53. The van der Waals surface area contributed by atoms with Crippen molar-refractivity contribution in [3.63, 3.8) is 0 Å². The number of aromatic nitrogens is 2. The van der Waals surface area contributed by atoms with Crippen LogP contribution in [0.25, 0.3) is 44.2 Å². The Bertz CT molecular complexity index is 2050. The number of para-hydroxylation sites is 1. The summed E-state index contributed by atoms with van der Waals surface area (Å²) in [5.74, 6) is 0. The largest absolute Gasteiger partial charge is 0.416 e. The standard InChI is InChI=1S/C37H31F3N2/c1-22-9-14-28(15-10-22)42-21-31-33(30-8-6-7-23(2)35(30)42)29-18-11-25-20-41(19-24(3)32(25)34(29)36(31,4)5)27-16-12-26(13-17-27)37(38,39)40/h6-21H,1-5H3/q+2. The van der Waals surface area contributed by atoms with Crippen LogP contribution in [0.3, 0.4) is 0 Å². The molecule has 0 saturated carbocycles. The van der Waals surface area contributed by atoms with Gasteiger partial charge in [0.15, 0.2) is 18.6 Å². The zero-order chi connectivity index (χ0) is 29.6. The van der Waals surface area contributed by atoms with E-state index in [0.29, 0.717) is 5.69 Å². The number of fused-ring (bicyclic) bond motifs is 7. The van der Waals surface area contributed by atoms with Crippen LogP contribution in [0.1, 0.15) is 47.2 Å². The summed E-state index contributed by atoms with van der Waals surface area (Å²) < 4.78 is 43.7. The Kier molecular flexibility index (Phi) is 5.65. The third-order valence-corrected chi connectivity index (χ3v) is 8.89. The molecule has 0 atom stereocenters. The van der Waals surface area contributed by atoms with E-state index in [1.54, 1.807) is 0 Å². The van der Waals surface area contributed by atoms with Gasteiger partial charge in [0.05, 0.1) is 10.9 Å². The Morgan fingerprint density at radius 1 is 0.690 bits per heavy atom. The zero-order valence-electron chi connectivity index (χ0n) is 24.3. The first-order valence-electron chi connectivity index (χ1n) is 14.2. The molecule has 0 radical (unpaired) electrons. The Balaban J connectivity index is 1.46. The minimum atomic E-state index is -4.36. The van der Waals surface area contributed by atoms with Gasteiger partial charge in [0.25, 0.3) is 0 Å². The number of pyridine rings is 2. The Morgan fingerprint density at radius 3 is 2.07 bits per heavy atom. The number of rotatable bonds is 2. The van der Waals surface area contributed by atoms with Gasteiger partial charge in [-0.1, -0.05) is 49.7 Å². The molecule has 42 heavy (non-hydrogen) atoms. The molecule has 1 aliphatic rings. The molecule has 7 rings (SSSR count). The Labute approximate surface area is 243 Å². The lowest BCUT2D eigenvalue weighted by Crippen LogP contribution is -2.34. The summed E-state index contributed by atoms with van der Waals surface area (Å²) in [7, 11) is 0. The van der Waals surface area contributed by atoms with Gasteiger partial charge in [-0.3, -0.25) is 0 Å². The topological polar surface area (TPSA) is 7.76 Å². The Morgan fingerprint density at radius 2 is 1.38 bits per heavy atom. The van der Waals surface area contributed by atoms with Crippen molar-refractivity contribution >= 4 is 21.7 Å². The van der Waals surface area contributed by atoms with Gasteiger partial charge in [-0.2, -0.15) is 22.3 Å². The summed E-state index contributed by atoms with van der Waals surface area (Å²) in [5.41, 5.74) is 10.7. The summed E-state index contributed by atoms with van der Waals surface area (Å²) >= 11 is 0. The number of alkyl halides is 3. The number of hydrogen-bond acceptors (Lipinski definition) is 0. The van der Waals surface area contributed by atoms with Gasteiger partial charge in [-0.25, -0.2) is 0 Å². The van der Waals surface area contributed by atoms with Gasteiger partial charge in [0.2, 0.25) is 16.9 Å². The maximum absolute atomic E-state index is 13.2. The molecule has 1 aliphatic carbocycles. The van der Waals surface area contributed by atoms with Crippen LogP contribution in [0.5, 0.6) is 0 Å². The third kappa shape index (κ3) is 3.87. The van der Waals surface area contributed by atoms with Crippen LogP contribution >= 0.6 is 0 Å². The lowest BCUT2D eigenvalue weighted by atomic mass is 9.80. The molecule has 0 aliphatic heterocycles. The number of halogens is 3. The van der Waals surface area contributed by atoms with Crippen LogP contribution < -0.4 is 9.13 Å². The summed E-state index contributed by atoms with van der Waals surface area (Å²) in [6.45, 7) is 11.0. The lowest BCUT2D eigenvalue weighted by molar-refractivity contribution is -0.594. The normalized spacial score (nSPS) is 13.9. The minimum Gasteiger partial charge on any atom is -0.166 e. The highest BCUT2D eigenvalue weighted by Gasteiger charge is 2.42. The molecular formula is C37H31F3N2+2. The molecule has 2 nitrogen and oxygen atoms in total. The van der Waals surface area contributed by atoms with Crippen molar-refractivity contribution in [3.8, 4) is 22.5 Å². The third-order valence-electron chi connectivity index (χ3n) is 8.89. The second-order valence-corrected chi connectivity index (χ2v) is 12.1. The molecule has 0 spiro atoms. The molecule has 6 aromatic rings. The molecular weight excluding hydrogens is 529 g/mol. The van der Waals surface area contributed by atoms with Gasteiger partial charge >= 0.3 is 6.18 Å². The SMILES string of the molecule is Cc1ccc(-[n+]2cc3c(c4cccc(C)c42)-c2ccc4c[n+](-c5ccc(C(F)(F)F)cc5)cc(C)c4c2C3(C)C)cc1. The Hall–Kier alpha value is -4.51. The molecule has 0 N–H and O–H groups in total. The molecule has 208 valence electrons. The number of aryl methyl sites for hydroxylation is 3. The molecule has 4 aromatic carbocycles. The van der Waals surface area contributed by atoms with Gasteiger partial charge in [0.1, 0.15) is 0 Å². The minimum absolute atomic E-state index is 0.278. The van der Waals surface area contributed by atoms with Gasteiger partial charge < -0.3 is 0 Å². The fourth-order valence-electron chi connectivity index (χ4n) is 6.83. The van der Waals surface area contributed by atoms with Crippen molar-refractivity contribution in [2.75, 3.05) is 0 Å². The van der Waals surface area contributed by atoms with E-state index in [9.17, 15) is 13.2 Å². The predicted molar refractivity (Wildman–Crippen MR) is 161 cm³/mol. The first kappa shape index (κ1) is 26.4. The van der Waals surface area contributed by atoms with E-state index in [1.807, 2.05) is 17.0 Å². The van der Waals surface area contributed by atoms with E-state index in [0.717, 1.165) is 28.8 Å². The van der Waals surface area contributed by atoms with E-state index < -0.39 is 11.7 Å². The molecule has 0 unspecified atom stereocenters. The van der Waals surface area contributed by atoms with Crippen LogP contribution in [0.15, 0.2) is 97.5 Å². The van der Waals surface area contributed by atoms with E-state index in [1.165, 1.54) is 61.8 Å². The molecule has 0 bridgehead atoms. The van der Waals surface area contributed by atoms with Crippen molar-refractivity contribution < 1.29 is 22.3 Å².